The molecule has 0 radical (unpaired) electrons. The molecule has 0 spiro atoms. The summed E-state index contributed by atoms with van der Waals surface area (Å²) in [5.41, 5.74) is 2.74. The van der Waals surface area contributed by atoms with E-state index in [0.717, 1.165) is 26.2 Å². The Morgan fingerprint density at radius 1 is 1.20 bits per heavy atom. The second-order valence-corrected chi connectivity index (χ2v) is 7.30. The Kier molecular flexibility index (Phi) is 6.73. The maximum absolute atomic E-state index is 3.49. The van der Waals surface area contributed by atoms with Crippen LogP contribution in [-0.2, 0) is 13.1 Å². The molecule has 0 unspecified atom stereocenters. The number of benzene rings is 1. The van der Waals surface area contributed by atoms with E-state index in [1.165, 1.54) is 21.3 Å². The molecule has 2 aromatic rings. The molecule has 20 heavy (non-hydrogen) atoms. The van der Waals surface area contributed by atoms with Crippen molar-refractivity contribution in [2.45, 2.75) is 19.5 Å². The molecule has 0 aliphatic carbocycles. The van der Waals surface area contributed by atoms with E-state index in [1.807, 2.05) is 0 Å². The molecule has 0 bridgehead atoms. The number of nitrogens with zero attached hydrogens (tertiary/aromatic N) is 1. The summed E-state index contributed by atoms with van der Waals surface area (Å²) < 4.78 is 1.21. The molecule has 0 saturated carbocycles. The summed E-state index contributed by atoms with van der Waals surface area (Å²) in [4.78, 5) is 2.37. The zero-order valence-electron chi connectivity index (χ0n) is 11.8. The second-order valence-electron chi connectivity index (χ2n) is 5.01. The average Bonchev–Trinajstić information content (AvgIpc) is 2.85. The van der Waals surface area contributed by atoms with Crippen molar-refractivity contribution < 1.29 is 0 Å². The highest BCUT2D eigenvalue weighted by molar-refractivity contribution is 9.11. The molecule has 1 heterocycles. The predicted octanol–water partition coefficient (Wildman–Crippen LogP) is 4.12. The third kappa shape index (κ3) is 5.75. The third-order valence-corrected chi connectivity index (χ3v) is 4.69. The van der Waals surface area contributed by atoms with E-state index in [1.54, 1.807) is 11.3 Å². The molecule has 1 aromatic carbocycles. The van der Waals surface area contributed by atoms with E-state index in [9.17, 15) is 0 Å². The van der Waals surface area contributed by atoms with Gasteiger partial charge in [-0.25, -0.2) is 0 Å². The van der Waals surface area contributed by atoms with Crippen LogP contribution in [0.5, 0.6) is 0 Å². The van der Waals surface area contributed by atoms with E-state index >= 15 is 0 Å². The number of hydrogen-bond donors (Lipinski definition) is 1. The molecule has 0 atom stereocenters. The minimum absolute atomic E-state index is 0.963. The molecule has 1 aromatic heterocycles. The Hall–Kier alpha value is -0.680. The van der Waals surface area contributed by atoms with Crippen molar-refractivity contribution >= 4 is 27.3 Å². The summed E-state index contributed by atoms with van der Waals surface area (Å²) in [6, 6.07) is 12.8. The number of hydrogen-bond acceptors (Lipinski definition) is 3. The van der Waals surface area contributed by atoms with Crippen molar-refractivity contribution in [1.82, 2.24) is 10.2 Å². The second kappa shape index (κ2) is 8.57. The minimum atomic E-state index is 0.963. The molecule has 2 nitrogen and oxygen atoms in total. The lowest BCUT2D eigenvalue weighted by Crippen LogP contribution is -2.23. The normalized spacial score (nSPS) is 11.2. The van der Waals surface area contributed by atoms with E-state index < -0.39 is 0 Å². The molecular weight excluding hydrogens is 332 g/mol. The van der Waals surface area contributed by atoms with Gasteiger partial charge in [0.25, 0.3) is 0 Å². The molecule has 0 fully saturated rings. The first-order chi connectivity index (χ1) is 9.74. The third-order valence-electron chi connectivity index (χ3n) is 3.14. The summed E-state index contributed by atoms with van der Waals surface area (Å²) >= 11 is 5.23. The quantitative estimate of drug-likeness (QED) is 0.718. The van der Waals surface area contributed by atoms with Crippen LogP contribution in [0.4, 0.5) is 0 Å². The van der Waals surface area contributed by atoms with Crippen LogP contribution in [0.2, 0.25) is 0 Å². The van der Waals surface area contributed by atoms with Gasteiger partial charge in [0.1, 0.15) is 0 Å². The van der Waals surface area contributed by atoms with Gasteiger partial charge in [0.2, 0.25) is 0 Å². The largest absolute Gasteiger partial charge is 0.313 e. The topological polar surface area (TPSA) is 15.3 Å². The lowest BCUT2D eigenvalue weighted by Gasteiger charge is -2.16. The van der Waals surface area contributed by atoms with Gasteiger partial charge < -0.3 is 10.2 Å². The van der Waals surface area contributed by atoms with Crippen LogP contribution in [0.1, 0.15) is 17.5 Å². The number of halogens is 1. The van der Waals surface area contributed by atoms with E-state index in [-0.39, 0.29) is 0 Å². The first-order valence-corrected chi connectivity index (χ1v) is 8.57. The van der Waals surface area contributed by atoms with Gasteiger partial charge in [-0.3, -0.25) is 0 Å². The van der Waals surface area contributed by atoms with Crippen LogP contribution in [0.3, 0.4) is 0 Å². The minimum Gasteiger partial charge on any atom is -0.313 e. The fraction of sp³-hybridized carbons (Fsp3) is 0.375. The number of rotatable bonds is 8. The van der Waals surface area contributed by atoms with Crippen molar-refractivity contribution in [2.24, 2.45) is 0 Å². The van der Waals surface area contributed by atoms with Crippen molar-refractivity contribution in [1.29, 1.82) is 0 Å². The van der Waals surface area contributed by atoms with Gasteiger partial charge in [0.05, 0.1) is 3.79 Å². The lowest BCUT2D eigenvalue weighted by atomic mass is 10.2. The summed E-state index contributed by atoms with van der Waals surface area (Å²) in [5, 5.41) is 5.69. The summed E-state index contributed by atoms with van der Waals surface area (Å²) in [6.45, 7) is 4.17. The van der Waals surface area contributed by atoms with Crippen molar-refractivity contribution in [3.63, 3.8) is 0 Å². The first kappa shape index (κ1) is 15.7. The van der Waals surface area contributed by atoms with Crippen LogP contribution < -0.4 is 5.32 Å². The SMILES string of the molecule is CN(CCCNCc1csc(Br)c1)Cc1ccccc1. The van der Waals surface area contributed by atoms with Crippen molar-refractivity contribution in [3.05, 3.63) is 56.7 Å². The highest BCUT2D eigenvalue weighted by Gasteiger charge is 2.00. The summed E-state index contributed by atoms with van der Waals surface area (Å²) in [7, 11) is 2.18. The lowest BCUT2D eigenvalue weighted by molar-refractivity contribution is 0.319. The zero-order valence-corrected chi connectivity index (χ0v) is 14.2. The van der Waals surface area contributed by atoms with E-state index in [4.69, 9.17) is 0 Å². The number of nitrogens with one attached hydrogen (secondary N) is 1. The molecule has 1 N–H and O–H groups in total. The standard InChI is InChI=1S/C16H21BrN2S/c1-19(12-14-6-3-2-4-7-14)9-5-8-18-11-15-10-16(17)20-13-15/h2-4,6-7,10,13,18H,5,8-9,11-12H2,1H3. The number of thiophene rings is 1. The highest BCUT2D eigenvalue weighted by atomic mass is 79.9. The Morgan fingerprint density at radius 2 is 2.00 bits per heavy atom. The average molecular weight is 353 g/mol. The van der Waals surface area contributed by atoms with Gasteiger partial charge in [0, 0.05) is 13.1 Å². The fourth-order valence-electron chi connectivity index (χ4n) is 2.12. The van der Waals surface area contributed by atoms with Gasteiger partial charge in [-0.15, -0.1) is 11.3 Å². The van der Waals surface area contributed by atoms with Crippen LogP contribution in [0.25, 0.3) is 0 Å². The van der Waals surface area contributed by atoms with Crippen molar-refractivity contribution in [2.75, 3.05) is 20.1 Å². The van der Waals surface area contributed by atoms with Gasteiger partial charge >= 0.3 is 0 Å². The van der Waals surface area contributed by atoms with Crippen LogP contribution in [-0.4, -0.2) is 25.0 Å². The molecule has 4 heteroatoms. The maximum Gasteiger partial charge on any atom is 0.0701 e. The Morgan fingerprint density at radius 3 is 2.70 bits per heavy atom. The molecule has 0 amide bonds. The van der Waals surface area contributed by atoms with Gasteiger partial charge in [-0.1, -0.05) is 30.3 Å². The Bertz CT molecular complexity index is 498. The summed E-state index contributed by atoms with van der Waals surface area (Å²) in [5.74, 6) is 0. The maximum atomic E-state index is 3.49. The van der Waals surface area contributed by atoms with Crippen molar-refractivity contribution in [3.8, 4) is 0 Å². The monoisotopic (exact) mass is 352 g/mol. The van der Waals surface area contributed by atoms with Crippen LogP contribution >= 0.6 is 27.3 Å². The molecule has 108 valence electrons. The molecule has 0 aliphatic rings. The highest BCUT2D eigenvalue weighted by Crippen LogP contribution is 2.20. The first-order valence-electron chi connectivity index (χ1n) is 6.90. The van der Waals surface area contributed by atoms with E-state index in [0.29, 0.717) is 0 Å². The molecular formula is C16H21BrN2S. The molecule has 0 aliphatic heterocycles. The zero-order chi connectivity index (χ0) is 14.2. The van der Waals surface area contributed by atoms with Gasteiger partial charge in [0.15, 0.2) is 0 Å². The molecule has 0 saturated heterocycles. The van der Waals surface area contributed by atoms with Crippen LogP contribution in [0, 0.1) is 0 Å². The van der Waals surface area contributed by atoms with E-state index in [2.05, 4.69) is 75.0 Å². The fourth-order valence-corrected chi connectivity index (χ4v) is 3.33. The Balaban J connectivity index is 1.56. The van der Waals surface area contributed by atoms with Crippen LogP contribution in [0.15, 0.2) is 45.6 Å². The Labute approximate surface area is 133 Å². The predicted molar refractivity (Wildman–Crippen MR) is 91.1 cm³/mol. The summed E-state index contributed by atoms with van der Waals surface area (Å²) in [6.07, 6.45) is 1.18. The van der Waals surface area contributed by atoms with Gasteiger partial charge in [-0.05, 0) is 65.1 Å². The molecule has 2 rings (SSSR count). The van der Waals surface area contributed by atoms with Gasteiger partial charge in [-0.2, -0.15) is 0 Å². The smallest absolute Gasteiger partial charge is 0.0701 e.